The number of carbonyl (C=O) groups is 2. The number of benzene rings is 1. The van der Waals surface area contributed by atoms with Crippen molar-refractivity contribution in [1.82, 2.24) is 0 Å². The molecule has 0 saturated carbocycles. The third-order valence-electron chi connectivity index (χ3n) is 2.61. The van der Waals surface area contributed by atoms with Gasteiger partial charge < -0.3 is 10.2 Å². The van der Waals surface area contributed by atoms with Crippen molar-refractivity contribution in [2.24, 2.45) is 5.92 Å². The van der Waals surface area contributed by atoms with Crippen molar-refractivity contribution in [2.75, 3.05) is 0 Å². The number of rotatable bonds is 5. The molecule has 6 heteroatoms. The van der Waals surface area contributed by atoms with Gasteiger partial charge in [-0.2, -0.15) is 0 Å². The first-order valence-electron chi connectivity index (χ1n) is 5.67. The molecule has 2 N–H and O–H groups in total. The van der Waals surface area contributed by atoms with Crippen LogP contribution < -0.4 is 0 Å². The fourth-order valence-corrected chi connectivity index (χ4v) is 1.81. The van der Waals surface area contributed by atoms with Crippen LogP contribution in [0.2, 0.25) is 0 Å². The molecule has 98 valence electrons. The molecule has 0 amide bonds. The summed E-state index contributed by atoms with van der Waals surface area (Å²) < 4.78 is 0. The van der Waals surface area contributed by atoms with E-state index in [-0.39, 0.29) is 82.6 Å². The molecular weight excluding hydrogens is 278 g/mol. The summed E-state index contributed by atoms with van der Waals surface area (Å²) >= 11 is 0. The van der Waals surface area contributed by atoms with E-state index in [0.717, 1.165) is 5.56 Å². The second-order valence-electron chi connectivity index (χ2n) is 4.32. The fraction of sp³-hybridized carbons (Fsp3) is 0.286. The third-order valence-corrected chi connectivity index (χ3v) is 2.61. The van der Waals surface area contributed by atoms with Crippen molar-refractivity contribution < 1.29 is 19.8 Å². The predicted molar refractivity (Wildman–Crippen MR) is 78.8 cm³/mol. The van der Waals surface area contributed by atoms with Crippen molar-refractivity contribution in [3.05, 3.63) is 47.0 Å². The Balaban J connectivity index is 0. The molecule has 0 aromatic heterocycles. The molecular formula is C14H16Na2O4. The zero-order valence-electron chi connectivity index (χ0n) is 12.4. The van der Waals surface area contributed by atoms with Gasteiger partial charge in [0.1, 0.15) is 0 Å². The molecule has 0 heterocycles. The van der Waals surface area contributed by atoms with Gasteiger partial charge in [0.2, 0.25) is 0 Å². The van der Waals surface area contributed by atoms with Gasteiger partial charge in [0.15, 0.2) is 0 Å². The molecule has 1 rings (SSSR count). The van der Waals surface area contributed by atoms with Crippen molar-refractivity contribution in [3.8, 4) is 0 Å². The molecule has 0 aliphatic heterocycles. The van der Waals surface area contributed by atoms with E-state index in [1.54, 1.807) is 38.1 Å². The summed E-state index contributed by atoms with van der Waals surface area (Å²) in [5, 5.41) is 18.3. The first kappa shape index (κ1) is 22.2. The first-order chi connectivity index (χ1) is 8.43. The molecule has 0 atom stereocenters. The topological polar surface area (TPSA) is 74.6 Å². The summed E-state index contributed by atoms with van der Waals surface area (Å²) in [6.45, 7) is 3.36. The zero-order valence-corrected chi connectivity index (χ0v) is 16.4. The van der Waals surface area contributed by atoms with Gasteiger partial charge in [-0.3, -0.25) is 0 Å². The van der Waals surface area contributed by atoms with Crippen molar-refractivity contribution >= 4 is 71.1 Å². The predicted octanol–water partition coefficient (Wildman–Crippen LogP) is 1.59. The van der Waals surface area contributed by atoms with Gasteiger partial charge in [-0.05, 0) is 11.5 Å². The van der Waals surface area contributed by atoms with Crippen LogP contribution in [0.3, 0.4) is 0 Å². The van der Waals surface area contributed by atoms with Crippen molar-refractivity contribution in [2.45, 2.75) is 20.3 Å². The van der Waals surface area contributed by atoms with Gasteiger partial charge in [0.25, 0.3) is 0 Å². The Morgan fingerprint density at radius 2 is 1.50 bits per heavy atom. The van der Waals surface area contributed by atoms with Crippen LogP contribution in [-0.2, 0) is 16.0 Å². The smallest absolute Gasteiger partial charge is 0.332 e. The van der Waals surface area contributed by atoms with E-state index in [0.29, 0.717) is 0 Å². The number of aliphatic carboxylic acids is 2. The molecule has 0 aliphatic rings. The van der Waals surface area contributed by atoms with E-state index >= 15 is 0 Å². The van der Waals surface area contributed by atoms with Crippen LogP contribution in [-0.4, -0.2) is 81.3 Å². The van der Waals surface area contributed by atoms with Crippen molar-refractivity contribution in [3.63, 3.8) is 0 Å². The number of hydrogen-bond donors (Lipinski definition) is 2. The van der Waals surface area contributed by atoms with Crippen LogP contribution >= 0.6 is 0 Å². The Bertz CT molecular complexity index is 481. The third kappa shape index (κ3) is 6.57. The van der Waals surface area contributed by atoms with Crippen LogP contribution in [0.15, 0.2) is 41.5 Å². The van der Waals surface area contributed by atoms with Crippen LogP contribution in [0.25, 0.3) is 0 Å². The zero-order chi connectivity index (χ0) is 13.7. The van der Waals surface area contributed by atoms with Gasteiger partial charge in [-0.25, -0.2) is 9.59 Å². The summed E-state index contributed by atoms with van der Waals surface area (Å²) in [6.07, 6.45) is 0.121. The Hall–Kier alpha value is -0.1000. The van der Waals surface area contributed by atoms with Crippen LogP contribution in [0.5, 0.6) is 0 Å². The minimum Gasteiger partial charge on any atom is -0.478 e. The number of carboxylic acids is 2. The second kappa shape index (κ2) is 10.6. The molecule has 20 heavy (non-hydrogen) atoms. The molecule has 0 unspecified atom stereocenters. The fourth-order valence-electron chi connectivity index (χ4n) is 1.81. The molecule has 0 aliphatic carbocycles. The average molecular weight is 294 g/mol. The average Bonchev–Trinajstić information content (AvgIpc) is 2.28. The van der Waals surface area contributed by atoms with E-state index in [1.165, 1.54) is 0 Å². The maximum Gasteiger partial charge on any atom is 0.332 e. The molecule has 1 aromatic carbocycles. The summed E-state index contributed by atoms with van der Waals surface area (Å²) in [7, 11) is 0. The molecule has 2 radical (unpaired) electrons. The van der Waals surface area contributed by atoms with Gasteiger partial charge >= 0.3 is 11.9 Å². The summed E-state index contributed by atoms with van der Waals surface area (Å²) in [6, 6.07) is 8.98. The molecule has 1 aromatic rings. The number of carboxylic acid groups (broad SMARTS) is 2. The molecule has 0 spiro atoms. The summed E-state index contributed by atoms with van der Waals surface area (Å²) in [5.41, 5.74) is 0.698. The summed E-state index contributed by atoms with van der Waals surface area (Å²) in [5.74, 6) is -2.68. The summed E-state index contributed by atoms with van der Waals surface area (Å²) in [4.78, 5) is 22.4. The van der Waals surface area contributed by atoms with E-state index in [4.69, 9.17) is 5.11 Å². The normalized spacial score (nSPS) is 10.9. The van der Waals surface area contributed by atoms with Gasteiger partial charge in [-0.15, -0.1) is 0 Å². The SMILES string of the molecule is CC(C)C(C(=O)O)=C(Cc1ccccc1)C(=O)O.[Na].[Na]. The van der Waals surface area contributed by atoms with Gasteiger partial charge in [-0.1, -0.05) is 44.2 Å². The monoisotopic (exact) mass is 294 g/mol. The van der Waals surface area contributed by atoms with E-state index in [9.17, 15) is 14.7 Å². The molecule has 0 fully saturated rings. The van der Waals surface area contributed by atoms with Gasteiger partial charge in [0, 0.05) is 65.5 Å². The van der Waals surface area contributed by atoms with E-state index in [1.807, 2.05) is 6.07 Å². The van der Waals surface area contributed by atoms with Crippen LogP contribution in [0.1, 0.15) is 19.4 Å². The van der Waals surface area contributed by atoms with Gasteiger partial charge in [0.05, 0.1) is 11.1 Å². The Morgan fingerprint density at radius 1 is 1.00 bits per heavy atom. The Kier molecular flexibility index (Phi) is 11.8. The second-order valence-corrected chi connectivity index (χ2v) is 4.32. The largest absolute Gasteiger partial charge is 0.478 e. The maximum absolute atomic E-state index is 11.2. The quantitative estimate of drug-likeness (QED) is 0.639. The van der Waals surface area contributed by atoms with E-state index in [2.05, 4.69) is 0 Å². The Morgan fingerprint density at radius 3 is 1.85 bits per heavy atom. The maximum atomic E-state index is 11.2. The molecule has 0 saturated heterocycles. The van der Waals surface area contributed by atoms with E-state index < -0.39 is 11.9 Å². The van der Waals surface area contributed by atoms with Crippen molar-refractivity contribution in [1.29, 1.82) is 0 Å². The standard InChI is InChI=1S/C14H16O4.2Na/c1-9(2)12(14(17)18)11(13(15)16)8-10-6-4-3-5-7-10;;/h3-7,9H,8H2,1-2H3,(H,15,16)(H,17,18);;. The van der Waals surface area contributed by atoms with Crippen LogP contribution in [0, 0.1) is 5.92 Å². The molecule has 4 nitrogen and oxygen atoms in total. The first-order valence-corrected chi connectivity index (χ1v) is 5.67. The molecule has 0 bridgehead atoms. The van der Waals surface area contributed by atoms with Crippen LogP contribution in [0.4, 0.5) is 0 Å². The Labute approximate surface area is 162 Å². The minimum atomic E-state index is -1.18. The number of hydrogen-bond acceptors (Lipinski definition) is 2. The minimum absolute atomic E-state index is 0.